The average molecular weight is 307 g/mol. The third kappa shape index (κ3) is 3.32. The van der Waals surface area contributed by atoms with E-state index in [1.54, 1.807) is 6.20 Å². The summed E-state index contributed by atoms with van der Waals surface area (Å²) in [5, 5.41) is 18.0. The number of anilines is 1. The maximum atomic E-state index is 12.2. The number of hydrogen-bond donors (Lipinski definition) is 3. The highest BCUT2D eigenvalue weighted by atomic mass is 32.1. The number of carbonyl (C=O) groups is 1. The molecule has 1 aliphatic carbocycles. The van der Waals surface area contributed by atoms with E-state index >= 15 is 0 Å². The highest BCUT2D eigenvalue weighted by Gasteiger charge is 2.30. The van der Waals surface area contributed by atoms with Crippen LogP contribution in [-0.4, -0.2) is 30.3 Å². The Hall–Kier alpha value is -1.69. The van der Waals surface area contributed by atoms with Crippen LogP contribution in [-0.2, 0) is 9.53 Å². The fraction of sp³-hybridized carbons (Fsp3) is 0.615. The summed E-state index contributed by atoms with van der Waals surface area (Å²) in [5.41, 5.74) is 0. The van der Waals surface area contributed by atoms with Crippen molar-refractivity contribution in [1.82, 2.24) is 15.6 Å². The Kier molecular flexibility index (Phi) is 4.34. The Balaban J connectivity index is 1.54. The van der Waals surface area contributed by atoms with E-state index in [1.807, 2.05) is 6.19 Å². The van der Waals surface area contributed by atoms with Gasteiger partial charge < -0.3 is 15.4 Å². The molecule has 21 heavy (non-hydrogen) atoms. The second-order valence-corrected chi connectivity index (χ2v) is 6.35. The molecule has 2 aliphatic rings. The third-order valence-electron chi connectivity index (χ3n) is 3.89. The Morgan fingerprint density at radius 1 is 1.57 bits per heavy atom. The monoisotopic (exact) mass is 307 g/mol. The van der Waals surface area contributed by atoms with E-state index in [-0.39, 0.29) is 23.9 Å². The molecule has 0 aromatic carbocycles. The molecule has 0 radical (unpaired) electrons. The molecule has 2 fully saturated rings. The van der Waals surface area contributed by atoms with E-state index < -0.39 is 0 Å². The Morgan fingerprint density at radius 3 is 3.24 bits per heavy atom. The molecule has 3 atom stereocenters. The molecule has 8 heteroatoms. The molecule has 2 heterocycles. The van der Waals surface area contributed by atoms with Crippen molar-refractivity contribution >= 4 is 22.4 Å². The number of carbonyl (C=O) groups excluding carboxylic acids is 1. The van der Waals surface area contributed by atoms with Crippen molar-refractivity contribution < 1.29 is 9.53 Å². The van der Waals surface area contributed by atoms with Gasteiger partial charge in [0.25, 0.3) is 0 Å². The maximum absolute atomic E-state index is 12.2. The highest BCUT2D eigenvalue weighted by Crippen LogP contribution is 2.29. The molecule has 1 amide bonds. The summed E-state index contributed by atoms with van der Waals surface area (Å²) in [4.78, 5) is 17.5. The van der Waals surface area contributed by atoms with Gasteiger partial charge in [0.05, 0.1) is 19.4 Å². The van der Waals surface area contributed by atoms with Crippen molar-refractivity contribution in [2.45, 2.75) is 31.3 Å². The molecule has 1 aromatic rings. The van der Waals surface area contributed by atoms with Gasteiger partial charge in [0.2, 0.25) is 5.91 Å². The number of rotatable bonds is 4. The van der Waals surface area contributed by atoms with Crippen LogP contribution in [0.5, 0.6) is 0 Å². The van der Waals surface area contributed by atoms with Crippen molar-refractivity contribution in [1.29, 1.82) is 5.26 Å². The lowest BCUT2D eigenvalue weighted by Gasteiger charge is -2.09. The molecular formula is C13H17N5O2S. The van der Waals surface area contributed by atoms with E-state index in [0.717, 1.165) is 17.7 Å². The minimum Gasteiger partial charge on any atom is -0.364 e. The van der Waals surface area contributed by atoms with Gasteiger partial charge in [0.1, 0.15) is 0 Å². The molecule has 112 valence electrons. The molecule has 1 aliphatic heterocycles. The third-order valence-corrected chi connectivity index (χ3v) is 4.91. The minimum atomic E-state index is -0.0452. The van der Waals surface area contributed by atoms with Crippen molar-refractivity contribution in [3.63, 3.8) is 0 Å². The van der Waals surface area contributed by atoms with Gasteiger partial charge in [-0.3, -0.25) is 10.1 Å². The Morgan fingerprint density at radius 2 is 2.48 bits per heavy atom. The van der Waals surface area contributed by atoms with Gasteiger partial charge in [-0.05, 0) is 19.3 Å². The van der Waals surface area contributed by atoms with E-state index in [4.69, 9.17) is 10.00 Å². The summed E-state index contributed by atoms with van der Waals surface area (Å²) < 4.78 is 5.27. The molecule has 7 nitrogen and oxygen atoms in total. The molecule has 1 saturated carbocycles. The molecular weight excluding hydrogens is 290 g/mol. The molecule has 0 bridgehead atoms. The summed E-state index contributed by atoms with van der Waals surface area (Å²) in [7, 11) is 0. The molecule has 1 saturated heterocycles. The smallest absolute Gasteiger partial charge is 0.229 e. The normalized spacial score (nSPS) is 28.2. The summed E-state index contributed by atoms with van der Waals surface area (Å²) >= 11 is 1.47. The van der Waals surface area contributed by atoms with Crippen LogP contribution in [0.2, 0.25) is 0 Å². The van der Waals surface area contributed by atoms with Gasteiger partial charge in [-0.2, -0.15) is 5.26 Å². The van der Waals surface area contributed by atoms with E-state index in [0.29, 0.717) is 24.9 Å². The molecule has 1 aromatic heterocycles. The van der Waals surface area contributed by atoms with Gasteiger partial charge in [-0.25, -0.2) is 4.98 Å². The summed E-state index contributed by atoms with van der Waals surface area (Å²) in [6.07, 6.45) is 6.09. The highest BCUT2D eigenvalue weighted by molar-refractivity contribution is 7.15. The predicted octanol–water partition coefficient (Wildman–Crippen LogP) is 0.939. The number of nitriles is 1. The first-order valence-electron chi connectivity index (χ1n) is 6.98. The fourth-order valence-corrected chi connectivity index (χ4v) is 3.61. The number of hydrogen-bond acceptors (Lipinski definition) is 7. The lowest BCUT2D eigenvalue weighted by Crippen LogP contribution is -2.25. The number of nitrogens with zero attached hydrogens (tertiary/aromatic N) is 2. The number of nitrogens with one attached hydrogen (secondary N) is 3. The van der Waals surface area contributed by atoms with Gasteiger partial charge in [0, 0.05) is 23.0 Å². The zero-order valence-electron chi connectivity index (χ0n) is 11.5. The molecule has 0 spiro atoms. The van der Waals surface area contributed by atoms with Crippen molar-refractivity contribution in [3.05, 3.63) is 11.1 Å². The first-order valence-corrected chi connectivity index (χ1v) is 7.80. The lowest BCUT2D eigenvalue weighted by molar-refractivity contribution is -0.119. The van der Waals surface area contributed by atoms with Crippen LogP contribution in [0.15, 0.2) is 6.20 Å². The average Bonchev–Trinajstić information content (AvgIpc) is 3.20. The van der Waals surface area contributed by atoms with Crippen LogP contribution in [0.1, 0.15) is 30.2 Å². The molecule has 2 unspecified atom stereocenters. The first kappa shape index (κ1) is 14.3. The molecule has 3 N–H and O–H groups in total. The number of aromatic nitrogens is 1. The van der Waals surface area contributed by atoms with Gasteiger partial charge in [-0.1, -0.05) is 11.3 Å². The quantitative estimate of drug-likeness (QED) is 0.565. The maximum Gasteiger partial charge on any atom is 0.229 e. The van der Waals surface area contributed by atoms with Crippen LogP contribution >= 0.6 is 11.3 Å². The minimum absolute atomic E-state index is 0.00577. The van der Waals surface area contributed by atoms with Crippen LogP contribution < -0.4 is 16.0 Å². The second kappa shape index (κ2) is 6.39. The number of amides is 1. The van der Waals surface area contributed by atoms with Gasteiger partial charge in [-0.15, -0.1) is 0 Å². The van der Waals surface area contributed by atoms with E-state index in [9.17, 15) is 4.79 Å². The van der Waals surface area contributed by atoms with Gasteiger partial charge >= 0.3 is 0 Å². The Bertz CT molecular complexity index is 549. The largest absolute Gasteiger partial charge is 0.364 e. The summed E-state index contributed by atoms with van der Waals surface area (Å²) in [6, 6.07) is 0.293. The second-order valence-electron chi connectivity index (χ2n) is 5.29. The first-order chi connectivity index (χ1) is 10.3. The summed E-state index contributed by atoms with van der Waals surface area (Å²) in [5.74, 6) is -0.0510. The fourth-order valence-electron chi connectivity index (χ4n) is 2.73. The van der Waals surface area contributed by atoms with Crippen LogP contribution in [0.25, 0.3) is 0 Å². The summed E-state index contributed by atoms with van der Waals surface area (Å²) in [6.45, 7) is 1.19. The van der Waals surface area contributed by atoms with Crippen molar-refractivity contribution in [2.75, 3.05) is 18.7 Å². The lowest BCUT2D eigenvalue weighted by atomic mass is 10.1. The van der Waals surface area contributed by atoms with Crippen LogP contribution in [0.3, 0.4) is 0 Å². The van der Waals surface area contributed by atoms with E-state index in [1.165, 1.54) is 11.3 Å². The van der Waals surface area contributed by atoms with E-state index in [2.05, 4.69) is 20.9 Å². The topological polar surface area (TPSA) is 99.1 Å². The standard InChI is InChI=1S/C13H17N5O2S/c14-6-16-9-2-1-8(3-9)12(19)18-13-15-4-11(21-13)10-5-20-7-17-10/h4,8-10,16-17H,1-3,5,7H2,(H,15,18,19)/t8-,9?,10?/m0/s1. The van der Waals surface area contributed by atoms with Crippen molar-refractivity contribution in [2.24, 2.45) is 5.92 Å². The molecule has 3 rings (SSSR count). The van der Waals surface area contributed by atoms with Crippen LogP contribution in [0, 0.1) is 17.4 Å². The SMILES string of the molecule is N#CNC1CC[C@H](C(=O)Nc2ncc(C3COCN3)s2)C1. The van der Waals surface area contributed by atoms with Gasteiger partial charge in [0.15, 0.2) is 11.3 Å². The Labute approximate surface area is 126 Å². The number of ether oxygens (including phenoxy) is 1. The zero-order chi connectivity index (χ0) is 14.7. The number of thiazole rings is 1. The predicted molar refractivity (Wildman–Crippen MR) is 77.3 cm³/mol. The van der Waals surface area contributed by atoms with Crippen molar-refractivity contribution in [3.8, 4) is 6.19 Å². The van der Waals surface area contributed by atoms with Crippen LogP contribution in [0.4, 0.5) is 5.13 Å². The zero-order valence-corrected chi connectivity index (χ0v) is 12.3.